The molecule has 2 aliphatic heterocycles. The molecule has 0 radical (unpaired) electrons. The molecule has 2 rings (SSSR count). The third-order valence-electron chi connectivity index (χ3n) is 3.86. The lowest BCUT2D eigenvalue weighted by molar-refractivity contribution is -0.129. The second kappa shape index (κ2) is 5.52. The summed E-state index contributed by atoms with van der Waals surface area (Å²) in [6.07, 6.45) is 8.63. The van der Waals surface area contributed by atoms with Gasteiger partial charge in [0.25, 0.3) is 0 Å². The van der Waals surface area contributed by atoms with Gasteiger partial charge in [0.05, 0.1) is 6.42 Å². The summed E-state index contributed by atoms with van der Waals surface area (Å²) < 4.78 is 0. The van der Waals surface area contributed by atoms with Crippen molar-refractivity contribution in [3.05, 3.63) is 0 Å². The zero-order chi connectivity index (χ0) is 12.3. The predicted molar refractivity (Wildman–Crippen MR) is 67.2 cm³/mol. The van der Waals surface area contributed by atoms with Crippen LogP contribution in [-0.2, 0) is 4.79 Å². The quantitative estimate of drug-likeness (QED) is 0.687. The summed E-state index contributed by atoms with van der Waals surface area (Å²) in [6.45, 7) is 3.84. The summed E-state index contributed by atoms with van der Waals surface area (Å²) in [5.74, 6) is 2.52. The van der Waals surface area contributed by atoms with E-state index in [1.165, 1.54) is 0 Å². The van der Waals surface area contributed by atoms with Gasteiger partial charge in [-0.15, -0.1) is 6.42 Å². The fourth-order valence-electron chi connectivity index (χ4n) is 2.75. The topological polar surface area (TPSA) is 49.6 Å². The summed E-state index contributed by atoms with van der Waals surface area (Å²) in [7, 11) is 0. The number of terminal acetylenes is 1. The number of piperidine rings is 1. The van der Waals surface area contributed by atoms with Crippen molar-refractivity contribution < 1.29 is 4.79 Å². The third kappa shape index (κ3) is 2.99. The van der Waals surface area contributed by atoms with E-state index in [9.17, 15) is 4.79 Å². The summed E-state index contributed by atoms with van der Waals surface area (Å²) in [4.78, 5) is 16.1. The van der Waals surface area contributed by atoms with Gasteiger partial charge < -0.3 is 10.6 Å². The van der Waals surface area contributed by atoms with Crippen molar-refractivity contribution >= 4 is 5.91 Å². The average molecular weight is 235 g/mol. The molecule has 0 aromatic rings. The van der Waals surface area contributed by atoms with Gasteiger partial charge in [0.15, 0.2) is 0 Å². The van der Waals surface area contributed by atoms with Gasteiger partial charge in [0, 0.05) is 25.2 Å². The molecule has 0 spiro atoms. The number of rotatable bonds is 2. The first-order chi connectivity index (χ1) is 8.20. The summed E-state index contributed by atoms with van der Waals surface area (Å²) in [6, 6.07) is 0.885. The highest BCUT2D eigenvalue weighted by Crippen LogP contribution is 2.20. The first-order valence-corrected chi connectivity index (χ1v) is 6.41. The molecule has 2 aliphatic rings. The van der Waals surface area contributed by atoms with Gasteiger partial charge in [-0.3, -0.25) is 9.69 Å². The molecule has 0 aromatic heterocycles. The minimum absolute atomic E-state index is 0.101. The van der Waals surface area contributed by atoms with E-state index >= 15 is 0 Å². The number of nitrogens with zero attached hydrogens (tertiary/aromatic N) is 2. The lowest BCUT2D eigenvalue weighted by Gasteiger charge is -2.34. The molecular weight excluding hydrogens is 214 g/mol. The normalized spacial score (nSPS) is 27.1. The van der Waals surface area contributed by atoms with Crippen LogP contribution in [0.2, 0.25) is 0 Å². The van der Waals surface area contributed by atoms with Crippen LogP contribution in [0.15, 0.2) is 0 Å². The number of hydrogen-bond acceptors (Lipinski definition) is 3. The van der Waals surface area contributed by atoms with E-state index in [4.69, 9.17) is 12.2 Å². The number of hydrogen-bond donors (Lipinski definition) is 1. The van der Waals surface area contributed by atoms with Crippen LogP contribution >= 0.6 is 0 Å². The average Bonchev–Trinajstić information content (AvgIpc) is 2.80. The van der Waals surface area contributed by atoms with Crippen LogP contribution in [0.3, 0.4) is 0 Å². The smallest absolute Gasteiger partial charge is 0.234 e. The predicted octanol–water partition coefficient (Wildman–Crippen LogP) is 0.0337. The molecule has 1 unspecified atom stereocenters. The maximum absolute atomic E-state index is 11.7. The van der Waals surface area contributed by atoms with Crippen molar-refractivity contribution in [1.29, 1.82) is 0 Å². The number of amides is 1. The van der Waals surface area contributed by atoms with Crippen molar-refractivity contribution in [3.8, 4) is 12.3 Å². The first kappa shape index (κ1) is 12.4. The standard InChI is InChI=1S/C13H21N3O/c1-2-3-13(17)16-9-6-12(10-16)15-7-4-11(14)5-8-15/h1,11-12H,3-10,14H2. The lowest BCUT2D eigenvalue weighted by Crippen LogP contribution is -2.46. The van der Waals surface area contributed by atoms with Crippen LogP contribution in [0, 0.1) is 12.3 Å². The molecule has 1 amide bonds. The summed E-state index contributed by atoms with van der Waals surface area (Å²) in [5.41, 5.74) is 5.90. The second-order valence-corrected chi connectivity index (χ2v) is 5.04. The molecule has 2 fully saturated rings. The second-order valence-electron chi connectivity index (χ2n) is 5.04. The molecule has 1 atom stereocenters. The Balaban J connectivity index is 1.82. The molecule has 2 heterocycles. The summed E-state index contributed by atoms with van der Waals surface area (Å²) >= 11 is 0. The Morgan fingerprint density at radius 2 is 2.00 bits per heavy atom. The van der Waals surface area contributed by atoms with E-state index in [2.05, 4.69) is 10.8 Å². The van der Waals surface area contributed by atoms with Crippen molar-refractivity contribution in [3.63, 3.8) is 0 Å². The van der Waals surface area contributed by atoms with Gasteiger partial charge in [0.1, 0.15) is 0 Å². The molecule has 0 saturated carbocycles. The van der Waals surface area contributed by atoms with Gasteiger partial charge in [0.2, 0.25) is 5.91 Å². The van der Waals surface area contributed by atoms with Gasteiger partial charge in [-0.25, -0.2) is 0 Å². The Labute approximate surface area is 103 Å². The Morgan fingerprint density at radius 1 is 1.29 bits per heavy atom. The molecule has 2 N–H and O–H groups in total. The monoisotopic (exact) mass is 235 g/mol. The molecule has 4 nitrogen and oxygen atoms in total. The highest BCUT2D eigenvalue weighted by atomic mass is 16.2. The molecule has 0 bridgehead atoms. The van der Waals surface area contributed by atoms with E-state index in [0.29, 0.717) is 12.1 Å². The largest absolute Gasteiger partial charge is 0.340 e. The van der Waals surface area contributed by atoms with Gasteiger partial charge >= 0.3 is 0 Å². The Morgan fingerprint density at radius 3 is 2.65 bits per heavy atom. The van der Waals surface area contributed by atoms with E-state index in [1.54, 1.807) is 0 Å². The van der Waals surface area contributed by atoms with Crippen LogP contribution in [0.5, 0.6) is 0 Å². The number of carbonyl (C=O) groups excluding carboxylic acids is 1. The lowest BCUT2D eigenvalue weighted by atomic mass is 10.0. The van der Waals surface area contributed by atoms with Crippen molar-refractivity contribution in [2.24, 2.45) is 5.73 Å². The first-order valence-electron chi connectivity index (χ1n) is 6.41. The molecule has 17 heavy (non-hydrogen) atoms. The van der Waals surface area contributed by atoms with E-state index in [1.807, 2.05) is 4.90 Å². The molecule has 0 aromatic carbocycles. The highest BCUT2D eigenvalue weighted by molar-refractivity contribution is 5.78. The van der Waals surface area contributed by atoms with E-state index in [0.717, 1.165) is 45.4 Å². The molecule has 94 valence electrons. The highest BCUT2D eigenvalue weighted by Gasteiger charge is 2.31. The Kier molecular flexibility index (Phi) is 4.03. The fourth-order valence-corrected chi connectivity index (χ4v) is 2.75. The zero-order valence-electron chi connectivity index (χ0n) is 10.3. The number of carbonyl (C=O) groups is 1. The minimum Gasteiger partial charge on any atom is -0.340 e. The van der Waals surface area contributed by atoms with Gasteiger partial charge in [-0.05, 0) is 32.4 Å². The van der Waals surface area contributed by atoms with Crippen LogP contribution in [0.4, 0.5) is 0 Å². The Bertz CT molecular complexity index is 315. The van der Waals surface area contributed by atoms with Crippen molar-refractivity contribution in [2.75, 3.05) is 26.2 Å². The van der Waals surface area contributed by atoms with E-state index < -0.39 is 0 Å². The summed E-state index contributed by atoms with van der Waals surface area (Å²) in [5, 5.41) is 0. The maximum atomic E-state index is 11.7. The number of nitrogens with two attached hydrogens (primary N) is 1. The van der Waals surface area contributed by atoms with Crippen molar-refractivity contribution in [1.82, 2.24) is 9.80 Å². The molecule has 4 heteroatoms. The SMILES string of the molecule is C#CCC(=O)N1CCC(N2CCC(N)CC2)C1. The fraction of sp³-hybridized carbons (Fsp3) is 0.769. The number of likely N-dealkylation sites (tertiary alicyclic amines) is 2. The van der Waals surface area contributed by atoms with E-state index in [-0.39, 0.29) is 12.3 Å². The third-order valence-corrected chi connectivity index (χ3v) is 3.86. The molecule has 2 saturated heterocycles. The van der Waals surface area contributed by atoms with Gasteiger partial charge in [-0.1, -0.05) is 5.92 Å². The van der Waals surface area contributed by atoms with Crippen LogP contribution in [-0.4, -0.2) is 54.0 Å². The van der Waals surface area contributed by atoms with Crippen LogP contribution < -0.4 is 5.73 Å². The zero-order valence-corrected chi connectivity index (χ0v) is 10.3. The van der Waals surface area contributed by atoms with Crippen LogP contribution in [0.1, 0.15) is 25.7 Å². The minimum atomic E-state index is 0.101. The molecular formula is C13H21N3O. The Hall–Kier alpha value is -1.05. The van der Waals surface area contributed by atoms with Crippen LogP contribution in [0.25, 0.3) is 0 Å². The van der Waals surface area contributed by atoms with Gasteiger partial charge in [-0.2, -0.15) is 0 Å². The van der Waals surface area contributed by atoms with Crippen molar-refractivity contribution in [2.45, 2.75) is 37.8 Å². The molecule has 0 aliphatic carbocycles. The maximum Gasteiger partial charge on any atom is 0.234 e.